The van der Waals surface area contributed by atoms with Crippen LogP contribution in [-0.4, -0.2) is 32.0 Å². The summed E-state index contributed by atoms with van der Waals surface area (Å²) in [6.07, 6.45) is -4.38. The van der Waals surface area contributed by atoms with Crippen LogP contribution in [0.2, 0.25) is 0 Å². The van der Waals surface area contributed by atoms with Gasteiger partial charge in [0.25, 0.3) is 0 Å². The minimum absolute atomic E-state index is 0.263. The molecule has 2 atom stereocenters. The fraction of sp³-hybridized carbons (Fsp3) is 0.600. The van der Waals surface area contributed by atoms with Crippen molar-refractivity contribution < 1.29 is 22.5 Å². The van der Waals surface area contributed by atoms with Crippen LogP contribution in [0.5, 0.6) is 0 Å². The van der Waals surface area contributed by atoms with Gasteiger partial charge in [0.2, 0.25) is 11.8 Å². The molecule has 0 spiro atoms. The molecule has 0 aliphatic carbocycles. The molecular weight excluding hydrogens is 339 g/mol. The number of amides is 1. The van der Waals surface area contributed by atoms with Crippen molar-refractivity contribution >= 4 is 5.91 Å². The Kier molecular flexibility index (Phi) is 5.19. The summed E-state index contributed by atoms with van der Waals surface area (Å²) in [5.74, 6) is -0.321. The van der Waals surface area contributed by atoms with E-state index in [1.54, 1.807) is 27.7 Å². The van der Waals surface area contributed by atoms with Crippen LogP contribution in [0, 0.1) is 20.8 Å². The van der Waals surface area contributed by atoms with Crippen molar-refractivity contribution in [1.29, 1.82) is 0 Å². The molecule has 2 aromatic rings. The summed E-state index contributed by atoms with van der Waals surface area (Å²) in [6.45, 7) is 6.89. The van der Waals surface area contributed by atoms with Crippen molar-refractivity contribution in [2.45, 2.75) is 59.3 Å². The molecule has 0 aliphatic heterocycles. The number of nitrogens with zero attached hydrogens (tertiary/aromatic N) is 4. The van der Waals surface area contributed by atoms with Crippen molar-refractivity contribution in [1.82, 2.24) is 25.2 Å². The molecule has 10 heteroatoms. The van der Waals surface area contributed by atoms with Crippen LogP contribution >= 0.6 is 0 Å². The predicted molar refractivity (Wildman–Crippen MR) is 81.8 cm³/mol. The van der Waals surface area contributed by atoms with Gasteiger partial charge in [-0.2, -0.15) is 23.3 Å². The van der Waals surface area contributed by atoms with E-state index in [4.69, 9.17) is 4.52 Å². The zero-order valence-electron chi connectivity index (χ0n) is 14.6. The Labute approximate surface area is 142 Å². The molecule has 2 rings (SSSR count). The highest BCUT2D eigenvalue weighted by Crippen LogP contribution is 2.27. The third-order valence-corrected chi connectivity index (χ3v) is 3.87. The number of rotatable bonds is 5. The first-order valence-electron chi connectivity index (χ1n) is 7.70. The van der Waals surface area contributed by atoms with E-state index in [2.05, 4.69) is 20.6 Å². The lowest BCUT2D eigenvalue weighted by Crippen LogP contribution is -2.31. The molecule has 2 unspecified atom stereocenters. The smallest absolute Gasteiger partial charge is 0.344 e. The first kappa shape index (κ1) is 18.9. The highest BCUT2D eigenvalue weighted by atomic mass is 19.4. The average Bonchev–Trinajstić information content (AvgIpc) is 3.01. The number of hydrogen-bond acceptors (Lipinski definition) is 5. The Balaban J connectivity index is 2.16. The predicted octanol–water partition coefficient (Wildman–Crippen LogP) is 2.73. The van der Waals surface area contributed by atoms with Gasteiger partial charge in [0.15, 0.2) is 5.82 Å². The van der Waals surface area contributed by atoms with Gasteiger partial charge in [0.1, 0.15) is 12.6 Å². The highest BCUT2D eigenvalue weighted by Gasteiger charge is 2.32. The zero-order valence-corrected chi connectivity index (χ0v) is 14.6. The van der Waals surface area contributed by atoms with Crippen LogP contribution in [0.15, 0.2) is 4.52 Å². The summed E-state index contributed by atoms with van der Waals surface area (Å²) >= 11 is 0. The maximum absolute atomic E-state index is 12.6. The third kappa shape index (κ3) is 4.37. The summed E-state index contributed by atoms with van der Waals surface area (Å²) < 4.78 is 43.7. The molecule has 0 bridgehead atoms. The average molecular weight is 359 g/mol. The quantitative estimate of drug-likeness (QED) is 0.887. The lowest BCUT2D eigenvalue weighted by Gasteiger charge is -2.16. The Morgan fingerprint density at radius 2 is 1.92 bits per heavy atom. The van der Waals surface area contributed by atoms with Crippen molar-refractivity contribution in [3.8, 4) is 0 Å². The van der Waals surface area contributed by atoms with Gasteiger partial charge in [0.05, 0.1) is 11.6 Å². The number of carbonyl (C=O) groups excluding carboxylic acids is 1. The largest absolute Gasteiger partial charge is 0.408 e. The summed E-state index contributed by atoms with van der Waals surface area (Å²) in [7, 11) is 0. The number of hydrogen-bond donors (Lipinski definition) is 1. The molecule has 1 amide bonds. The van der Waals surface area contributed by atoms with E-state index in [0.717, 1.165) is 4.68 Å². The number of carbonyl (C=O) groups is 1. The van der Waals surface area contributed by atoms with E-state index < -0.39 is 24.7 Å². The van der Waals surface area contributed by atoms with Crippen molar-refractivity contribution in [3.05, 3.63) is 28.7 Å². The van der Waals surface area contributed by atoms with E-state index in [-0.39, 0.29) is 11.8 Å². The Bertz CT molecular complexity index is 766. The standard InChI is InChI=1S/C15H20F3N5O2/c1-7(13(24)19-9(3)14-20-11(5)22-25-14)12-8(2)21-23(10(12)4)6-15(16,17)18/h7,9H,6H2,1-5H3,(H,19,24). The van der Waals surface area contributed by atoms with E-state index in [9.17, 15) is 18.0 Å². The topological polar surface area (TPSA) is 85.8 Å². The van der Waals surface area contributed by atoms with Gasteiger partial charge >= 0.3 is 6.18 Å². The van der Waals surface area contributed by atoms with Gasteiger partial charge < -0.3 is 9.84 Å². The minimum Gasteiger partial charge on any atom is -0.344 e. The van der Waals surface area contributed by atoms with Crippen molar-refractivity contribution in [3.63, 3.8) is 0 Å². The second-order valence-corrected chi connectivity index (χ2v) is 5.99. The van der Waals surface area contributed by atoms with Crippen LogP contribution in [0.25, 0.3) is 0 Å². The van der Waals surface area contributed by atoms with Crippen LogP contribution in [0.4, 0.5) is 13.2 Å². The fourth-order valence-electron chi connectivity index (χ4n) is 2.68. The maximum atomic E-state index is 12.6. The Hall–Kier alpha value is -2.39. The maximum Gasteiger partial charge on any atom is 0.408 e. The molecule has 0 aromatic carbocycles. The molecule has 7 nitrogen and oxygen atoms in total. The molecular formula is C15H20F3N5O2. The lowest BCUT2D eigenvalue weighted by molar-refractivity contribution is -0.143. The monoisotopic (exact) mass is 359 g/mol. The minimum atomic E-state index is -4.38. The summed E-state index contributed by atoms with van der Waals surface area (Å²) in [6, 6.07) is -0.512. The number of halogens is 3. The molecule has 0 aliphatic rings. The third-order valence-electron chi connectivity index (χ3n) is 3.87. The van der Waals surface area contributed by atoms with Gasteiger partial charge in [0, 0.05) is 11.3 Å². The van der Waals surface area contributed by atoms with Gasteiger partial charge in [-0.1, -0.05) is 5.16 Å². The molecule has 0 radical (unpaired) electrons. The second-order valence-electron chi connectivity index (χ2n) is 5.99. The Morgan fingerprint density at radius 1 is 1.28 bits per heavy atom. The van der Waals surface area contributed by atoms with Crippen molar-refractivity contribution in [2.75, 3.05) is 0 Å². The zero-order chi connectivity index (χ0) is 18.9. The molecule has 0 saturated heterocycles. The summed E-state index contributed by atoms with van der Waals surface area (Å²) in [5, 5.41) is 10.3. The molecule has 1 N–H and O–H groups in total. The van der Waals surface area contributed by atoms with Crippen LogP contribution in [0.3, 0.4) is 0 Å². The van der Waals surface area contributed by atoms with Crippen LogP contribution in [0.1, 0.15) is 54.5 Å². The summed E-state index contributed by atoms with van der Waals surface area (Å²) in [5.41, 5.74) is 1.19. The van der Waals surface area contributed by atoms with Gasteiger partial charge in [-0.25, -0.2) is 0 Å². The van der Waals surface area contributed by atoms with E-state index in [0.29, 0.717) is 22.8 Å². The molecule has 2 heterocycles. The van der Waals surface area contributed by atoms with Crippen LogP contribution in [-0.2, 0) is 11.3 Å². The SMILES string of the molecule is Cc1noc(C(C)NC(=O)C(C)c2c(C)nn(CC(F)(F)F)c2C)n1. The van der Waals surface area contributed by atoms with Gasteiger partial charge in [-0.3, -0.25) is 9.48 Å². The second kappa shape index (κ2) is 6.85. The van der Waals surface area contributed by atoms with E-state index in [1.165, 1.54) is 6.92 Å². The number of aromatic nitrogens is 4. The first-order chi connectivity index (χ1) is 11.5. The van der Waals surface area contributed by atoms with Gasteiger partial charge in [-0.15, -0.1) is 0 Å². The normalized spacial score (nSPS) is 14.4. The molecule has 0 saturated carbocycles. The fourth-order valence-corrected chi connectivity index (χ4v) is 2.68. The highest BCUT2D eigenvalue weighted by molar-refractivity contribution is 5.84. The molecule has 138 valence electrons. The Morgan fingerprint density at radius 3 is 2.44 bits per heavy atom. The van der Waals surface area contributed by atoms with Crippen LogP contribution < -0.4 is 5.32 Å². The lowest BCUT2D eigenvalue weighted by atomic mass is 9.98. The number of nitrogens with one attached hydrogen (secondary N) is 1. The van der Waals surface area contributed by atoms with E-state index in [1.807, 2.05) is 0 Å². The first-order valence-corrected chi connectivity index (χ1v) is 7.70. The molecule has 25 heavy (non-hydrogen) atoms. The van der Waals surface area contributed by atoms with E-state index >= 15 is 0 Å². The van der Waals surface area contributed by atoms with Gasteiger partial charge in [-0.05, 0) is 34.6 Å². The summed E-state index contributed by atoms with van der Waals surface area (Å²) in [4.78, 5) is 16.5. The number of aryl methyl sites for hydroxylation is 2. The number of alkyl halides is 3. The van der Waals surface area contributed by atoms with Crippen molar-refractivity contribution in [2.24, 2.45) is 0 Å². The molecule has 0 fully saturated rings. The molecule has 2 aromatic heterocycles.